The second kappa shape index (κ2) is 6.60. The van der Waals surface area contributed by atoms with Crippen molar-refractivity contribution in [3.8, 4) is 0 Å². The van der Waals surface area contributed by atoms with Crippen LogP contribution in [-0.4, -0.2) is 25.5 Å². The average molecular weight is 303 g/mol. The van der Waals surface area contributed by atoms with Gasteiger partial charge in [0, 0.05) is 17.6 Å². The van der Waals surface area contributed by atoms with Gasteiger partial charge in [-0.3, -0.25) is 4.79 Å². The van der Waals surface area contributed by atoms with Gasteiger partial charge in [0.15, 0.2) is 0 Å². The molecular formula is C14H20Cl2N2O. The fraction of sp³-hybridized carbons (Fsp3) is 0.500. The van der Waals surface area contributed by atoms with E-state index in [2.05, 4.69) is 10.6 Å². The predicted molar refractivity (Wildman–Crippen MR) is 81.1 cm³/mol. The van der Waals surface area contributed by atoms with Crippen molar-refractivity contribution in [2.24, 2.45) is 0 Å². The van der Waals surface area contributed by atoms with Crippen LogP contribution in [0.3, 0.4) is 0 Å². The molecule has 0 spiro atoms. The Morgan fingerprint density at radius 3 is 2.42 bits per heavy atom. The smallest absolute Gasteiger partial charge is 0.230 e. The van der Waals surface area contributed by atoms with Crippen molar-refractivity contribution in [3.63, 3.8) is 0 Å². The van der Waals surface area contributed by atoms with Gasteiger partial charge >= 0.3 is 0 Å². The zero-order valence-electron chi connectivity index (χ0n) is 11.2. The zero-order valence-corrected chi connectivity index (χ0v) is 12.8. The van der Waals surface area contributed by atoms with E-state index in [1.165, 1.54) is 0 Å². The highest BCUT2D eigenvalue weighted by Gasteiger charge is 2.51. The van der Waals surface area contributed by atoms with Crippen LogP contribution in [0.5, 0.6) is 0 Å². The molecule has 0 aliphatic heterocycles. The van der Waals surface area contributed by atoms with Crippen molar-refractivity contribution in [1.82, 2.24) is 10.6 Å². The summed E-state index contributed by atoms with van der Waals surface area (Å²) in [6.07, 6.45) is 1.85. The SMILES string of the molecule is CNC(C)CNC(=O)C1(c2ccc(Cl)cc2)CC1.Cl. The molecule has 1 fully saturated rings. The summed E-state index contributed by atoms with van der Waals surface area (Å²) >= 11 is 5.87. The maximum atomic E-state index is 12.3. The van der Waals surface area contributed by atoms with Crippen molar-refractivity contribution in [1.29, 1.82) is 0 Å². The van der Waals surface area contributed by atoms with E-state index in [0.717, 1.165) is 18.4 Å². The molecule has 1 aliphatic rings. The third-order valence-corrected chi connectivity index (χ3v) is 3.90. The summed E-state index contributed by atoms with van der Waals surface area (Å²) in [5, 5.41) is 6.83. The number of carbonyl (C=O) groups excluding carboxylic acids is 1. The van der Waals surface area contributed by atoms with Crippen LogP contribution in [0.15, 0.2) is 24.3 Å². The maximum absolute atomic E-state index is 12.3. The van der Waals surface area contributed by atoms with Crippen LogP contribution < -0.4 is 10.6 Å². The van der Waals surface area contributed by atoms with Gasteiger partial charge in [-0.05, 0) is 44.5 Å². The van der Waals surface area contributed by atoms with Gasteiger partial charge in [0.1, 0.15) is 0 Å². The first kappa shape index (κ1) is 16.3. The van der Waals surface area contributed by atoms with Gasteiger partial charge in [-0.2, -0.15) is 0 Å². The zero-order chi connectivity index (χ0) is 13.2. The molecule has 1 aromatic carbocycles. The molecule has 1 aromatic rings. The lowest BCUT2D eigenvalue weighted by molar-refractivity contribution is -0.123. The molecule has 2 N–H and O–H groups in total. The largest absolute Gasteiger partial charge is 0.354 e. The second-order valence-corrected chi connectivity index (χ2v) is 5.43. The van der Waals surface area contributed by atoms with Crippen LogP contribution in [0, 0.1) is 0 Å². The van der Waals surface area contributed by atoms with E-state index in [1.54, 1.807) is 0 Å². The summed E-state index contributed by atoms with van der Waals surface area (Å²) in [6, 6.07) is 7.89. The maximum Gasteiger partial charge on any atom is 0.230 e. The first-order valence-electron chi connectivity index (χ1n) is 6.30. The molecule has 0 radical (unpaired) electrons. The number of halogens is 2. The normalized spacial score (nSPS) is 17.2. The molecule has 1 aliphatic carbocycles. The first-order chi connectivity index (χ1) is 8.58. The molecule has 1 atom stereocenters. The van der Waals surface area contributed by atoms with Gasteiger partial charge in [0.2, 0.25) is 5.91 Å². The van der Waals surface area contributed by atoms with Crippen LogP contribution in [0.4, 0.5) is 0 Å². The minimum atomic E-state index is -0.307. The van der Waals surface area contributed by atoms with E-state index in [1.807, 2.05) is 38.2 Å². The average Bonchev–Trinajstić information content (AvgIpc) is 3.17. The number of benzene rings is 1. The standard InChI is InChI=1S/C14H19ClN2O.ClH/c1-10(16-2)9-17-13(18)14(7-8-14)11-3-5-12(15)6-4-11;/h3-6,10,16H,7-9H2,1-2H3,(H,17,18);1H. The Balaban J connectivity index is 0.00000180. The van der Waals surface area contributed by atoms with Gasteiger partial charge < -0.3 is 10.6 Å². The Hall–Kier alpha value is -0.770. The summed E-state index contributed by atoms with van der Waals surface area (Å²) in [4.78, 5) is 12.3. The molecule has 0 bridgehead atoms. The predicted octanol–water partition coefficient (Wildman–Crippen LogP) is 2.52. The minimum Gasteiger partial charge on any atom is -0.354 e. The van der Waals surface area contributed by atoms with Gasteiger partial charge in [-0.1, -0.05) is 23.7 Å². The summed E-state index contributed by atoms with van der Waals surface area (Å²) in [6.45, 7) is 2.70. The van der Waals surface area contributed by atoms with Crippen LogP contribution in [0.1, 0.15) is 25.3 Å². The number of hydrogen-bond acceptors (Lipinski definition) is 2. The fourth-order valence-corrected chi connectivity index (χ4v) is 2.18. The molecule has 1 saturated carbocycles. The molecule has 1 unspecified atom stereocenters. The molecule has 19 heavy (non-hydrogen) atoms. The van der Waals surface area contributed by atoms with E-state index in [0.29, 0.717) is 11.6 Å². The summed E-state index contributed by atoms with van der Waals surface area (Å²) < 4.78 is 0. The van der Waals surface area contributed by atoms with Crippen LogP contribution in [-0.2, 0) is 10.2 Å². The second-order valence-electron chi connectivity index (χ2n) is 4.99. The number of carbonyl (C=O) groups is 1. The Bertz CT molecular complexity index is 430. The van der Waals surface area contributed by atoms with Crippen LogP contribution >= 0.6 is 24.0 Å². The highest BCUT2D eigenvalue weighted by molar-refractivity contribution is 6.30. The quantitative estimate of drug-likeness (QED) is 0.877. The van der Waals surface area contributed by atoms with Crippen molar-refractivity contribution in [3.05, 3.63) is 34.9 Å². The fourth-order valence-electron chi connectivity index (χ4n) is 2.06. The van der Waals surface area contributed by atoms with E-state index < -0.39 is 0 Å². The molecule has 0 heterocycles. The molecule has 3 nitrogen and oxygen atoms in total. The number of hydrogen-bond donors (Lipinski definition) is 2. The van der Waals surface area contributed by atoms with Crippen LogP contribution in [0.25, 0.3) is 0 Å². The van der Waals surface area contributed by atoms with E-state index in [-0.39, 0.29) is 29.8 Å². The van der Waals surface area contributed by atoms with E-state index >= 15 is 0 Å². The van der Waals surface area contributed by atoms with Crippen molar-refractivity contribution >= 4 is 29.9 Å². The number of amides is 1. The summed E-state index contributed by atoms with van der Waals surface area (Å²) in [5.74, 6) is 0.131. The van der Waals surface area contributed by atoms with Gasteiger partial charge in [-0.25, -0.2) is 0 Å². The molecule has 1 amide bonds. The Morgan fingerprint density at radius 2 is 1.95 bits per heavy atom. The third kappa shape index (κ3) is 3.62. The third-order valence-electron chi connectivity index (χ3n) is 3.64. The highest BCUT2D eigenvalue weighted by Crippen LogP contribution is 2.48. The number of nitrogens with one attached hydrogen (secondary N) is 2. The summed E-state index contributed by atoms with van der Waals surface area (Å²) in [7, 11) is 1.89. The number of likely N-dealkylation sites (N-methyl/N-ethyl adjacent to an activating group) is 1. The lowest BCUT2D eigenvalue weighted by atomic mass is 9.95. The molecule has 106 valence electrons. The Labute approximate surface area is 125 Å². The molecular weight excluding hydrogens is 283 g/mol. The molecule has 0 aromatic heterocycles. The molecule has 5 heteroatoms. The Morgan fingerprint density at radius 1 is 1.37 bits per heavy atom. The molecule has 0 saturated heterocycles. The van der Waals surface area contributed by atoms with E-state index in [4.69, 9.17) is 11.6 Å². The van der Waals surface area contributed by atoms with Gasteiger partial charge in [0.05, 0.1) is 5.41 Å². The lowest BCUT2D eigenvalue weighted by Crippen LogP contribution is -2.41. The first-order valence-corrected chi connectivity index (χ1v) is 6.68. The van der Waals surface area contributed by atoms with Crippen LogP contribution in [0.2, 0.25) is 5.02 Å². The topological polar surface area (TPSA) is 41.1 Å². The Kier molecular flexibility index (Phi) is 5.65. The minimum absolute atomic E-state index is 0. The highest BCUT2D eigenvalue weighted by atomic mass is 35.5. The summed E-state index contributed by atoms with van der Waals surface area (Å²) in [5.41, 5.74) is 0.763. The van der Waals surface area contributed by atoms with Crippen molar-refractivity contribution in [2.45, 2.75) is 31.2 Å². The van der Waals surface area contributed by atoms with Gasteiger partial charge in [-0.15, -0.1) is 12.4 Å². The van der Waals surface area contributed by atoms with Crippen molar-refractivity contribution in [2.75, 3.05) is 13.6 Å². The molecule has 2 rings (SSSR count). The van der Waals surface area contributed by atoms with E-state index in [9.17, 15) is 4.79 Å². The number of rotatable bonds is 5. The van der Waals surface area contributed by atoms with Crippen molar-refractivity contribution < 1.29 is 4.79 Å². The lowest BCUT2D eigenvalue weighted by Gasteiger charge is -2.18. The van der Waals surface area contributed by atoms with Gasteiger partial charge in [0.25, 0.3) is 0 Å². The monoisotopic (exact) mass is 302 g/mol.